The van der Waals surface area contributed by atoms with Gasteiger partial charge in [0.25, 0.3) is 0 Å². The van der Waals surface area contributed by atoms with Crippen LogP contribution < -0.4 is 0 Å². The van der Waals surface area contributed by atoms with Gasteiger partial charge in [-0.2, -0.15) is 7.05 Å². The molecule has 0 radical (unpaired) electrons. The molecule has 0 aliphatic heterocycles. The van der Waals surface area contributed by atoms with Crippen molar-refractivity contribution in [3.05, 3.63) is 46.0 Å². The number of rotatable bonds is 3. The Balaban J connectivity index is 2.82. The van der Waals surface area contributed by atoms with Crippen LogP contribution >= 0.6 is 0 Å². The summed E-state index contributed by atoms with van der Waals surface area (Å²) in [7, 11) is -2.12. The third-order valence-corrected chi connectivity index (χ3v) is 2.48. The Hall–Kier alpha value is -1.13. The first-order chi connectivity index (χ1) is 6.14. The molecule has 4 heteroatoms. The number of hydrogen-bond donors (Lipinski definition) is 0. The monoisotopic (exact) mass is 196 g/mol. The molecule has 13 heavy (non-hydrogen) atoms. The largest absolute Gasteiger partial charge is 0.548 e. The van der Waals surface area contributed by atoms with Crippen molar-refractivity contribution in [3.8, 4) is 0 Å². The molecule has 0 aromatic heterocycles. The zero-order valence-electron chi connectivity index (χ0n) is 7.21. The highest BCUT2D eigenvalue weighted by molar-refractivity contribution is 7.96. The molecule has 1 aromatic rings. The topological polar surface area (TPSA) is 48.2 Å². The molecule has 0 N–H and O–H groups in total. The second-order valence-corrected chi connectivity index (χ2v) is 4.08. The number of nitrogens with zero attached hydrogens (tertiary/aromatic N) is 1. The molecule has 0 saturated heterocycles. The van der Waals surface area contributed by atoms with Crippen molar-refractivity contribution in [2.24, 2.45) is 0 Å². The van der Waals surface area contributed by atoms with E-state index in [-0.39, 0.29) is 0 Å². The van der Waals surface area contributed by atoms with Gasteiger partial charge in [0, 0.05) is 5.41 Å². The predicted octanol–water partition coefficient (Wildman–Crippen LogP) is 1.99. The molecule has 0 bridgehead atoms. The van der Waals surface area contributed by atoms with Crippen LogP contribution in [-0.4, -0.2) is 15.5 Å². The molecule has 1 aromatic carbocycles. The molecule has 0 amide bonds. The van der Waals surface area contributed by atoms with Crippen molar-refractivity contribution in [1.82, 2.24) is 0 Å². The molecular weight excluding hydrogens is 186 g/mol. The average Bonchev–Trinajstić information content (AvgIpc) is 2.17. The van der Waals surface area contributed by atoms with E-state index in [9.17, 15) is 8.42 Å². The summed E-state index contributed by atoms with van der Waals surface area (Å²) in [4.78, 5) is 0. The predicted molar refractivity (Wildman–Crippen MR) is 53.7 cm³/mol. The van der Waals surface area contributed by atoms with Gasteiger partial charge in [0.1, 0.15) is 0 Å². The van der Waals surface area contributed by atoms with E-state index < -0.39 is 10.0 Å². The lowest BCUT2D eigenvalue weighted by atomic mass is 10.2. The Morgan fingerprint density at radius 1 is 1.23 bits per heavy atom. The lowest BCUT2D eigenvalue weighted by Gasteiger charge is -2.06. The lowest BCUT2D eigenvalue weighted by Crippen LogP contribution is -1.88. The third-order valence-electron chi connectivity index (χ3n) is 1.49. The van der Waals surface area contributed by atoms with E-state index in [0.717, 1.165) is 11.0 Å². The SMILES string of the molecule is C[N-]S(=O)(=O)C=Cc1ccccc1. The van der Waals surface area contributed by atoms with Crippen LogP contribution in [-0.2, 0) is 10.0 Å². The van der Waals surface area contributed by atoms with Crippen LogP contribution in [0.25, 0.3) is 10.8 Å². The van der Waals surface area contributed by atoms with Gasteiger partial charge in [0.05, 0.1) is 10.0 Å². The minimum absolute atomic E-state index is 0.842. The molecular formula is C9H10NO2S-. The Morgan fingerprint density at radius 3 is 2.38 bits per heavy atom. The van der Waals surface area contributed by atoms with Crippen molar-refractivity contribution in [1.29, 1.82) is 0 Å². The number of benzene rings is 1. The third kappa shape index (κ3) is 3.40. The van der Waals surface area contributed by atoms with Crippen molar-refractivity contribution in [2.45, 2.75) is 0 Å². The van der Waals surface area contributed by atoms with E-state index >= 15 is 0 Å². The van der Waals surface area contributed by atoms with Crippen LogP contribution in [0.2, 0.25) is 0 Å². The minimum atomic E-state index is -3.37. The first kappa shape index (κ1) is 9.95. The van der Waals surface area contributed by atoms with E-state index in [1.165, 1.54) is 13.1 Å². The molecule has 1 rings (SSSR count). The minimum Gasteiger partial charge on any atom is -0.548 e. The zero-order chi connectivity index (χ0) is 9.73. The molecule has 0 spiro atoms. The molecule has 3 nitrogen and oxygen atoms in total. The van der Waals surface area contributed by atoms with E-state index in [1.807, 2.05) is 30.3 Å². The van der Waals surface area contributed by atoms with E-state index in [4.69, 9.17) is 0 Å². The first-order valence-electron chi connectivity index (χ1n) is 3.73. The molecule has 0 aliphatic carbocycles. The molecule has 0 aliphatic rings. The summed E-state index contributed by atoms with van der Waals surface area (Å²) in [6.45, 7) is 0. The van der Waals surface area contributed by atoms with Gasteiger partial charge in [-0.1, -0.05) is 30.3 Å². The Bertz CT molecular complexity index is 381. The van der Waals surface area contributed by atoms with Crippen LogP contribution in [0.4, 0.5) is 0 Å². The highest BCUT2D eigenvalue weighted by atomic mass is 32.2. The van der Waals surface area contributed by atoms with Crippen molar-refractivity contribution < 1.29 is 8.42 Å². The van der Waals surface area contributed by atoms with Crippen LogP contribution in [0.5, 0.6) is 0 Å². The summed E-state index contributed by atoms with van der Waals surface area (Å²) in [6, 6.07) is 9.20. The lowest BCUT2D eigenvalue weighted by molar-refractivity contribution is 0.611. The molecule has 0 heterocycles. The highest BCUT2D eigenvalue weighted by Crippen LogP contribution is 2.05. The van der Waals surface area contributed by atoms with Gasteiger partial charge < -0.3 is 4.72 Å². The van der Waals surface area contributed by atoms with Gasteiger partial charge in [0.15, 0.2) is 0 Å². The smallest absolute Gasteiger partial charge is 0.0938 e. The summed E-state index contributed by atoms with van der Waals surface area (Å²) >= 11 is 0. The molecule has 0 unspecified atom stereocenters. The van der Waals surface area contributed by atoms with Gasteiger partial charge in [-0.3, -0.25) is 0 Å². The van der Waals surface area contributed by atoms with Crippen molar-refractivity contribution in [3.63, 3.8) is 0 Å². The van der Waals surface area contributed by atoms with Gasteiger partial charge >= 0.3 is 0 Å². The maximum Gasteiger partial charge on any atom is 0.0938 e. The normalized spacial score (nSPS) is 12.1. The van der Waals surface area contributed by atoms with Crippen LogP contribution in [0.3, 0.4) is 0 Å². The fourth-order valence-corrected chi connectivity index (χ4v) is 1.24. The van der Waals surface area contributed by atoms with Gasteiger partial charge in [-0.05, 0) is 11.6 Å². The number of sulfonamides is 1. The Kier molecular flexibility index (Phi) is 3.22. The molecule has 70 valence electrons. The fourth-order valence-electron chi connectivity index (χ4n) is 0.790. The van der Waals surface area contributed by atoms with Gasteiger partial charge in [-0.25, -0.2) is 8.42 Å². The van der Waals surface area contributed by atoms with Crippen LogP contribution in [0.15, 0.2) is 35.7 Å². The van der Waals surface area contributed by atoms with E-state index in [1.54, 1.807) is 0 Å². The zero-order valence-corrected chi connectivity index (χ0v) is 8.03. The van der Waals surface area contributed by atoms with Crippen molar-refractivity contribution in [2.75, 3.05) is 7.05 Å². The Morgan fingerprint density at radius 2 is 1.85 bits per heavy atom. The van der Waals surface area contributed by atoms with E-state index in [0.29, 0.717) is 0 Å². The summed E-state index contributed by atoms with van der Waals surface area (Å²) in [5.41, 5.74) is 0.842. The standard InChI is InChI=1S/C9H10NO2S/c1-10-13(11,12)8-7-9-5-3-2-4-6-9/h2-8H,1H3/q-1. The molecule has 0 atom stereocenters. The summed E-state index contributed by atoms with van der Waals surface area (Å²) in [5.74, 6) is 0. The summed E-state index contributed by atoms with van der Waals surface area (Å²) in [5, 5.41) is 1.09. The molecule has 0 saturated carbocycles. The first-order valence-corrected chi connectivity index (χ1v) is 5.23. The Labute approximate surface area is 78.1 Å². The van der Waals surface area contributed by atoms with Crippen LogP contribution in [0.1, 0.15) is 5.56 Å². The average molecular weight is 196 g/mol. The summed E-state index contributed by atoms with van der Waals surface area (Å²) < 4.78 is 25.1. The van der Waals surface area contributed by atoms with Crippen molar-refractivity contribution >= 4 is 16.1 Å². The van der Waals surface area contributed by atoms with E-state index in [2.05, 4.69) is 4.72 Å². The van der Waals surface area contributed by atoms with Gasteiger partial charge in [0.2, 0.25) is 0 Å². The maximum absolute atomic E-state index is 10.9. The van der Waals surface area contributed by atoms with Gasteiger partial charge in [-0.15, -0.1) is 0 Å². The fraction of sp³-hybridized carbons (Fsp3) is 0.111. The second-order valence-electron chi connectivity index (χ2n) is 2.41. The van der Waals surface area contributed by atoms with Crippen LogP contribution in [0, 0.1) is 0 Å². The second kappa shape index (κ2) is 4.20. The number of hydrogen-bond acceptors (Lipinski definition) is 2. The summed E-state index contributed by atoms with van der Waals surface area (Å²) in [6.07, 6.45) is 1.52. The quantitative estimate of drug-likeness (QED) is 0.742. The highest BCUT2D eigenvalue weighted by Gasteiger charge is 1.88. The molecule has 0 fully saturated rings. The maximum atomic E-state index is 10.9.